The molecule has 0 aliphatic heterocycles. The molecule has 0 atom stereocenters. The average Bonchev–Trinajstić information content (AvgIpc) is 2.80. The molecular weight excluding hydrogens is 336 g/mol. The van der Waals surface area contributed by atoms with E-state index in [9.17, 15) is 4.79 Å². The van der Waals surface area contributed by atoms with E-state index in [1.807, 2.05) is 28.8 Å². The summed E-state index contributed by atoms with van der Waals surface area (Å²) in [7, 11) is 1.68. The molecule has 3 rings (SSSR count). The molecule has 1 N–H and O–H groups in total. The summed E-state index contributed by atoms with van der Waals surface area (Å²) >= 11 is 6.39. The van der Waals surface area contributed by atoms with Crippen LogP contribution in [0.4, 0.5) is 0 Å². The van der Waals surface area contributed by atoms with Gasteiger partial charge in [-0.1, -0.05) is 37.3 Å². The molecule has 2 aromatic heterocycles. The number of hydrogen-bond donors (Lipinski definition) is 1. The topological polar surface area (TPSA) is 42.7 Å². The summed E-state index contributed by atoms with van der Waals surface area (Å²) in [5.41, 5.74) is 2.48. The van der Waals surface area contributed by atoms with Gasteiger partial charge in [0.2, 0.25) is 0 Å². The number of nitrogens with one attached hydrogen (secondary N) is 1. The molecule has 1 amide bonds. The maximum atomic E-state index is 12.8. The molecule has 0 unspecified atom stereocenters. The molecule has 0 spiro atoms. The Bertz CT molecular complexity index is 718. The van der Waals surface area contributed by atoms with Crippen molar-refractivity contribution in [1.82, 2.24) is 9.72 Å². The van der Waals surface area contributed by atoms with Crippen molar-refractivity contribution in [3.8, 4) is 0 Å². The first-order chi connectivity index (χ1) is 12.2. The second-order valence-electron chi connectivity index (χ2n) is 6.93. The summed E-state index contributed by atoms with van der Waals surface area (Å²) in [6.45, 7) is 1.37. The number of fused-ring (bicyclic) bond motifs is 1. The number of ether oxygens (including phenoxy) is 1. The molecule has 1 fully saturated rings. The van der Waals surface area contributed by atoms with Crippen LogP contribution in [-0.4, -0.2) is 30.6 Å². The van der Waals surface area contributed by atoms with Crippen LogP contribution in [0.5, 0.6) is 0 Å². The number of pyridine rings is 1. The number of carbonyl (C=O) groups excluding carboxylic acids is 1. The summed E-state index contributed by atoms with van der Waals surface area (Å²) in [5, 5.41) is 3.75. The highest BCUT2D eigenvalue weighted by Crippen LogP contribution is 2.26. The fourth-order valence-corrected chi connectivity index (χ4v) is 4.02. The Morgan fingerprint density at radius 1 is 1.32 bits per heavy atom. The van der Waals surface area contributed by atoms with Crippen molar-refractivity contribution in [3.63, 3.8) is 0 Å². The van der Waals surface area contributed by atoms with E-state index in [0.717, 1.165) is 24.2 Å². The highest BCUT2D eigenvalue weighted by atomic mass is 35.5. The number of carbonyl (C=O) groups is 1. The Balaban J connectivity index is 1.78. The lowest BCUT2D eigenvalue weighted by Gasteiger charge is -2.14. The largest absolute Gasteiger partial charge is 0.384 e. The smallest absolute Gasteiger partial charge is 0.253 e. The van der Waals surface area contributed by atoms with Gasteiger partial charge in [0.05, 0.1) is 22.7 Å². The summed E-state index contributed by atoms with van der Waals surface area (Å²) in [6.07, 6.45) is 10.3. The number of aromatic nitrogens is 1. The molecule has 0 saturated heterocycles. The predicted octanol–water partition coefficient (Wildman–Crippen LogP) is 4.48. The van der Waals surface area contributed by atoms with Crippen LogP contribution >= 0.6 is 11.6 Å². The third-order valence-corrected chi connectivity index (χ3v) is 5.46. The van der Waals surface area contributed by atoms with Gasteiger partial charge in [-0.15, -0.1) is 0 Å². The van der Waals surface area contributed by atoms with E-state index in [0.29, 0.717) is 23.1 Å². The number of methoxy groups -OCH3 is 1. The molecule has 1 aliphatic carbocycles. The van der Waals surface area contributed by atoms with Crippen LogP contribution in [0.2, 0.25) is 5.02 Å². The monoisotopic (exact) mass is 362 g/mol. The first-order valence-electron chi connectivity index (χ1n) is 9.26. The summed E-state index contributed by atoms with van der Waals surface area (Å²) < 4.78 is 7.19. The fraction of sp³-hybridized carbons (Fsp3) is 0.550. The molecule has 2 aromatic rings. The normalized spacial score (nSPS) is 16.1. The number of halogens is 1. The zero-order valence-corrected chi connectivity index (χ0v) is 15.6. The SMILES string of the molecule is COCCc1cc(C(=O)NCC2CCCCCC2)c2c(Cl)cccn12. The number of rotatable bonds is 6. The van der Waals surface area contributed by atoms with Gasteiger partial charge in [0.25, 0.3) is 5.91 Å². The summed E-state index contributed by atoms with van der Waals surface area (Å²) in [6, 6.07) is 5.68. The van der Waals surface area contributed by atoms with Crippen molar-refractivity contribution >= 4 is 23.0 Å². The lowest BCUT2D eigenvalue weighted by Crippen LogP contribution is -2.29. The highest BCUT2D eigenvalue weighted by Gasteiger charge is 2.19. The van der Waals surface area contributed by atoms with Crippen molar-refractivity contribution in [2.24, 2.45) is 5.92 Å². The zero-order valence-electron chi connectivity index (χ0n) is 14.9. The molecule has 4 nitrogen and oxygen atoms in total. The summed E-state index contributed by atoms with van der Waals surface area (Å²) in [4.78, 5) is 12.8. The third-order valence-electron chi connectivity index (χ3n) is 5.15. The van der Waals surface area contributed by atoms with Gasteiger partial charge in [-0.25, -0.2) is 0 Å². The maximum absolute atomic E-state index is 12.8. The van der Waals surface area contributed by atoms with E-state index in [-0.39, 0.29) is 5.91 Å². The van der Waals surface area contributed by atoms with Crippen molar-refractivity contribution in [1.29, 1.82) is 0 Å². The minimum atomic E-state index is -0.0292. The molecule has 25 heavy (non-hydrogen) atoms. The lowest BCUT2D eigenvalue weighted by atomic mass is 10.0. The Morgan fingerprint density at radius 3 is 2.80 bits per heavy atom. The first-order valence-corrected chi connectivity index (χ1v) is 9.64. The van der Waals surface area contributed by atoms with Crippen LogP contribution in [0.25, 0.3) is 5.52 Å². The minimum absolute atomic E-state index is 0.0292. The van der Waals surface area contributed by atoms with Gasteiger partial charge >= 0.3 is 0 Å². The molecule has 136 valence electrons. The van der Waals surface area contributed by atoms with Crippen molar-refractivity contribution < 1.29 is 9.53 Å². The highest BCUT2D eigenvalue weighted by molar-refractivity contribution is 6.34. The second kappa shape index (κ2) is 8.72. The Kier molecular flexibility index (Phi) is 6.38. The Hall–Kier alpha value is -1.52. The van der Waals surface area contributed by atoms with E-state index in [1.54, 1.807) is 7.11 Å². The van der Waals surface area contributed by atoms with Crippen LogP contribution in [0.15, 0.2) is 24.4 Å². The third kappa shape index (κ3) is 4.36. The van der Waals surface area contributed by atoms with Crippen LogP contribution in [0.3, 0.4) is 0 Å². The fourth-order valence-electron chi connectivity index (χ4n) is 3.76. The van der Waals surface area contributed by atoms with Crippen LogP contribution in [-0.2, 0) is 11.2 Å². The van der Waals surface area contributed by atoms with Gasteiger partial charge in [-0.05, 0) is 37.0 Å². The van der Waals surface area contributed by atoms with E-state index in [2.05, 4.69) is 5.32 Å². The summed E-state index contributed by atoms with van der Waals surface area (Å²) in [5.74, 6) is 0.572. The molecule has 2 heterocycles. The van der Waals surface area contributed by atoms with Gasteiger partial charge in [0.1, 0.15) is 0 Å². The Labute approximate surface area is 154 Å². The van der Waals surface area contributed by atoms with E-state index in [1.165, 1.54) is 38.5 Å². The van der Waals surface area contributed by atoms with E-state index < -0.39 is 0 Å². The number of nitrogens with zero attached hydrogens (tertiary/aromatic N) is 1. The Morgan fingerprint density at radius 2 is 2.08 bits per heavy atom. The molecule has 0 bridgehead atoms. The standard InChI is InChI=1S/C20H27ClN2O2/c1-25-12-10-16-13-17(19-18(21)9-6-11-23(16)19)20(24)22-14-15-7-4-2-3-5-8-15/h6,9,11,13,15H,2-5,7-8,10,12,14H2,1H3,(H,22,24). The molecule has 0 aromatic carbocycles. The van der Waals surface area contributed by atoms with Gasteiger partial charge < -0.3 is 14.5 Å². The lowest BCUT2D eigenvalue weighted by molar-refractivity contribution is 0.0947. The van der Waals surface area contributed by atoms with Crippen molar-refractivity contribution in [2.45, 2.75) is 44.9 Å². The molecule has 1 saturated carbocycles. The van der Waals surface area contributed by atoms with Gasteiger partial charge in [0.15, 0.2) is 0 Å². The number of hydrogen-bond acceptors (Lipinski definition) is 2. The predicted molar refractivity (Wildman–Crippen MR) is 102 cm³/mol. The van der Waals surface area contributed by atoms with Crippen LogP contribution in [0, 0.1) is 5.92 Å². The molecule has 5 heteroatoms. The van der Waals surface area contributed by atoms with Gasteiger partial charge in [-0.2, -0.15) is 0 Å². The van der Waals surface area contributed by atoms with E-state index >= 15 is 0 Å². The maximum Gasteiger partial charge on any atom is 0.253 e. The van der Waals surface area contributed by atoms with Crippen LogP contribution in [0.1, 0.15) is 54.6 Å². The zero-order chi connectivity index (χ0) is 17.6. The molecule has 1 aliphatic rings. The molecule has 0 radical (unpaired) electrons. The molecular formula is C20H27ClN2O2. The van der Waals surface area contributed by atoms with Crippen molar-refractivity contribution in [3.05, 3.63) is 40.7 Å². The average molecular weight is 363 g/mol. The minimum Gasteiger partial charge on any atom is -0.384 e. The van der Waals surface area contributed by atoms with Crippen molar-refractivity contribution in [2.75, 3.05) is 20.3 Å². The second-order valence-corrected chi connectivity index (χ2v) is 7.34. The van der Waals surface area contributed by atoms with E-state index in [4.69, 9.17) is 16.3 Å². The first kappa shape index (κ1) is 18.3. The quantitative estimate of drug-likeness (QED) is 0.770. The number of amides is 1. The van der Waals surface area contributed by atoms with Gasteiger partial charge in [0, 0.05) is 32.0 Å². The van der Waals surface area contributed by atoms with Gasteiger partial charge in [-0.3, -0.25) is 4.79 Å². The van der Waals surface area contributed by atoms with Crippen LogP contribution < -0.4 is 5.32 Å².